The van der Waals surface area contributed by atoms with Gasteiger partial charge in [0.15, 0.2) is 0 Å². The van der Waals surface area contributed by atoms with Crippen LogP contribution in [0.15, 0.2) is 18.2 Å². The van der Waals surface area contributed by atoms with Gasteiger partial charge in [-0.25, -0.2) is 0 Å². The van der Waals surface area contributed by atoms with E-state index in [2.05, 4.69) is 9.47 Å². The summed E-state index contributed by atoms with van der Waals surface area (Å²) in [5.41, 5.74) is -14.3. The molecular weight excluding hydrogens is 510 g/mol. The van der Waals surface area contributed by atoms with Gasteiger partial charge in [0.25, 0.3) is 0 Å². The van der Waals surface area contributed by atoms with Crippen LogP contribution in [0.4, 0.5) is 52.7 Å². The molecule has 33 heavy (non-hydrogen) atoms. The minimum Gasteiger partial charge on any atom is -0.402 e. The summed E-state index contributed by atoms with van der Waals surface area (Å²) in [5, 5.41) is 21.5. The van der Waals surface area contributed by atoms with Crippen molar-refractivity contribution in [3.63, 3.8) is 0 Å². The second-order valence-electron chi connectivity index (χ2n) is 6.20. The second-order valence-corrected chi connectivity index (χ2v) is 7.35. The largest absolute Gasteiger partial charge is 0.631 e. The maximum absolute atomic E-state index is 13.4. The molecule has 0 radical (unpaired) electrons. The molecule has 0 atom stereocenters. The summed E-state index contributed by atoms with van der Waals surface area (Å²) in [5.74, 6) is 0. The normalized spacial score (nSPS) is 14.0. The zero-order chi connectivity index (χ0) is 26.8. The number of ether oxygens (including phenoxy) is 2. The molecule has 3 N–H and O–H groups in total. The molecule has 0 saturated heterocycles. The summed E-state index contributed by atoms with van der Waals surface area (Å²) < 4.78 is 167. The SMILES string of the molecule is COC(c1c[c]([Na])cc(C(OC)(C(F)(F)F)C(F)(F)F)c1)(C(F)(F)F)C(F)(F)F.OB(O)O. The molecular formula is C14H12BF12NaO5. The monoisotopic (exact) mass is 522 g/mol. The van der Waals surface area contributed by atoms with E-state index in [-0.39, 0.29) is 26.4 Å². The molecule has 0 bridgehead atoms. The summed E-state index contributed by atoms with van der Waals surface area (Å²) in [6.45, 7) is 0. The molecule has 1 aromatic rings. The predicted molar refractivity (Wildman–Crippen MR) is 85.8 cm³/mol. The van der Waals surface area contributed by atoms with E-state index in [0.29, 0.717) is 0 Å². The van der Waals surface area contributed by atoms with Crippen molar-refractivity contribution < 1.29 is 77.2 Å². The van der Waals surface area contributed by atoms with Crippen LogP contribution in [0.2, 0.25) is 0 Å². The smallest absolute Gasteiger partial charge is 0.402 e. The standard InChI is InChI=1S/C14H9F12O2.BH3O3.Na/c1-27-9(11(15,16)17,12(18,19)20)7-4-3-5-8(6-7)10(28-2,13(21,22)23)14(24,25)26;2-1(3)4;/h4-6H,1-2H3;2-4H;. The van der Waals surface area contributed by atoms with Gasteiger partial charge in [0.05, 0.1) is 0 Å². The van der Waals surface area contributed by atoms with Crippen LogP contribution in [0.3, 0.4) is 0 Å². The Morgan fingerprint density at radius 3 is 0.970 bits per heavy atom. The molecule has 0 aliphatic carbocycles. The van der Waals surface area contributed by atoms with Gasteiger partial charge < -0.3 is 15.1 Å². The fraction of sp³-hybridized carbons (Fsp3) is 0.571. The maximum atomic E-state index is 13.4. The van der Waals surface area contributed by atoms with Crippen molar-refractivity contribution in [3.05, 3.63) is 29.3 Å². The fourth-order valence-electron chi connectivity index (χ4n) is 2.86. The van der Waals surface area contributed by atoms with E-state index in [1.165, 1.54) is 0 Å². The molecule has 0 aliphatic heterocycles. The van der Waals surface area contributed by atoms with Crippen molar-refractivity contribution in [3.8, 4) is 0 Å². The second kappa shape index (κ2) is 10.5. The van der Waals surface area contributed by atoms with E-state index in [9.17, 15) is 52.7 Å². The summed E-state index contributed by atoms with van der Waals surface area (Å²) in [7, 11) is -2.20. The van der Waals surface area contributed by atoms with Crippen LogP contribution in [-0.4, -0.2) is 89.2 Å². The molecule has 0 amide bonds. The number of hydrogen-bond acceptors (Lipinski definition) is 5. The average molecular weight is 522 g/mol. The summed E-state index contributed by atoms with van der Waals surface area (Å²) >= 11 is -0.490. The Morgan fingerprint density at radius 2 is 0.818 bits per heavy atom. The third-order valence-corrected chi connectivity index (χ3v) is 4.68. The van der Waals surface area contributed by atoms with Gasteiger partial charge in [0.2, 0.25) is 0 Å². The minimum atomic E-state index is -6.27. The van der Waals surface area contributed by atoms with Crippen LogP contribution in [0.5, 0.6) is 0 Å². The number of halogens is 12. The van der Waals surface area contributed by atoms with Crippen molar-refractivity contribution >= 4 is 38.1 Å². The van der Waals surface area contributed by atoms with Crippen LogP contribution in [0.1, 0.15) is 11.1 Å². The van der Waals surface area contributed by atoms with E-state index in [1.54, 1.807) is 0 Å². The van der Waals surface area contributed by atoms with E-state index in [4.69, 9.17) is 15.1 Å². The first kappa shape index (κ1) is 32.2. The molecule has 1 rings (SSSR count). The topological polar surface area (TPSA) is 79.2 Å². The number of rotatable bonds is 4. The maximum Gasteiger partial charge on any atom is 0.631 e. The molecule has 0 spiro atoms. The van der Waals surface area contributed by atoms with Gasteiger partial charge in [-0.15, -0.1) is 0 Å². The van der Waals surface area contributed by atoms with E-state index in [1.807, 2.05) is 0 Å². The summed E-state index contributed by atoms with van der Waals surface area (Å²) in [6, 6.07) is -0.128. The number of alkyl halides is 12. The van der Waals surface area contributed by atoms with Gasteiger partial charge in [0.1, 0.15) is 0 Å². The molecule has 0 saturated carbocycles. The van der Waals surface area contributed by atoms with Crippen LogP contribution < -0.4 is 2.81 Å². The first-order chi connectivity index (χ1) is 14.5. The molecule has 0 heterocycles. The van der Waals surface area contributed by atoms with Gasteiger partial charge in [-0.05, 0) is 0 Å². The van der Waals surface area contributed by atoms with E-state index < -0.39 is 91.2 Å². The van der Waals surface area contributed by atoms with Crippen LogP contribution in [0.25, 0.3) is 0 Å². The van der Waals surface area contributed by atoms with Gasteiger partial charge in [-0.3, -0.25) is 0 Å². The van der Waals surface area contributed by atoms with Gasteiger partial charge in [-0.1, -0.05) is 0 Å². The Labute approximate surface area is 194 Å². The molecule has 186 valence electrons. The van der Waals surface area contributed by atoms with Crippen molar-refractivity contribution in [2.45, 2.75) is 35.9 Å². The number of hydrogen-bond donors (Lipinski definition) is 3. The zero-order valence-corrected chi connectivity index (χ0v) is 18.5. The fourth-order valence-corrected chi connectivity index (χ4v) is 3.49. The van der Waals surface area contributed by atoms with Crippen molar-refractivity contribution in [1.29, 1.82) is 0 Å². The Kier molecular flexibility index (Phi) is 10.2. The number of benzene rings is 1. The third kappa shape index (κ3) is 6.28. The molecule has 19 heteroatoms. The van der Waals surface area contributed by atoms with Crippen molar-refractivity contribution in [2.75, 3.05) is 14.2 Å². The number of methoxy groups -OCH3 is 2. The molecule has 0 aromatic heterocycles. The van der Waals surface area contributed by atoms with Crippen LogP contribution in [0, 0.1) is 0 Å². The van der Waals surface area contributed by atoms with E-state index in [0.717, 1.165) is 0 Å². The van der Waals surface area contributed by atoms with Gasteiger partial charge in [0, 0.05) is 0 Å². The third-order valence-electron chi connectivity index (χ3n) is 4.10. The minimum absolute atomic E-state index is 0.0164. The molecule has 5 nitrogen and oxygen atoms in total. The van der Waals surface area contributed by atoms with Gasteiger partial charge >= 0.3 is 180 Å². The summed E-state index contributed by atoms with van der Waals surface area (Å²) in [6.07, 6.45) is -25.1. The molecule has 0 fully saturated rings. The van der Waals surface area contributed by atoms with E-state index >= 15 is 0 Å². The van der Waals surface area contributed by atoms with Crippen LogP contribution in [-0.2, 0) is 20.7 Å². The van der Waals surface area contributed by atoms with Crippen molar-refractivity contribution in [2.24, 2.45) is 0 Å². The van der Waals surface area contributed by atoms with Crippen LogP contribution >= 0.6 is 0 Å². The molecule has 0 aliphatic rings. The zero-order valence-electron chi connectivity index (χ0n) is 16.5. The Hall–Kier alpha value is -0.755. The predicted octanol–water partition coefficient (Wildman–Crippen LogP) is 2.36. The quantitative estimate of drug-likeness (QED) is 0.419. The Morgan fingerprint density at radius 1 is 0.606 bits per heavy atom. The molecule has 0 unspecified atom stereocenters. The summed E-state index contributed by atoms with van der Waals surface area (Å²) in [4.78, 5) is 0. The average Bonchev–Trinajstić information content (AvgIpc) is 2.50. The van der Waals surface area contributed by atoms with Gasteiger partial charge in [-0.2, -0.15) is 0 Å². The Bertz CT molecular complexity index is 702. The first-order valence-corrected chi connectivity index (χ1v) is 9.00. The van der Waals surface area contributed by atoms with Crippen molar-refractivity contribution in [1.82, 2.24) is 0 Å². The first-order valence-electron chi connectivity index (χ1n) is 8.00. The molecule has 1 aromatic carbocycles. The Balaban J connectivity index is 0.00000235.